The summed E-state index contributed by atoms with van der Waals surface area (Å²) in [7, 11) is 20.1. The van der Waals surface area contributed by atoms with Gasteiger partial charge in [-0.3, -0.25) is 9.59 Å². The van der Waals surface area contributed by atoms with E-state index < -0.39 is 12.3 Å². The zero-order valence-electron chi connectivity index (χ0n) is 36.1. The number of phenols is 2. The fourth-order valence-corrected chi connectivity index (χ4v) is 12.3. The Hall–Kier alpha value is -1.61. The molecule has 8 aliphatic carbocycles. The first-order valence-corrected chi connectivity index (χ1v) is 31.7. The molecule has 11 heteroatoms. The summed E-state index contributed by atoms with van der Waals surface area (Å²) in [4.78, 5) is 23.9. The third-order valence-corrected chi connectivity index (χ3v) is 15.1. The monoisotopic (exact) mass is 1080 g/mol. The number of halogens is 6. The maximum absolute atomic E-state index is 12.3. The van der Waals surface area contributed by atoms with Crippen LogP contribution < -0.4 is 0 Å². The molecule has 0 amide bonds. The van der Waals surface area contributed by atoms with Crippen LogP contribution in [-0.4, -0.2) is 21.8 Å². The Labute approximate surface area is 404 Å². The summed E-state index contributed by atoms with van der Waals surface area (Å²) in [5.74, 6) is 7.61. The van der Waals surface area contributed by atoms with E-state index in [1.165, 1.54) is 80.9 Å². The standard InChI is InChI=1S/C25H27BrO.C15H13BrO2.C10H14O.CH3.4ClH.Ti/c1-14-7-19(8-15(2)25(14)27)23(18-3-5-22(26)6-4-18)24-20-10-16-9-17(12-20)13-21(24)11-16;1-9-7-12(8-10(2)14(9)17)15(18)11-3-5-13(16)6-4-11;11-10-8-2-6-1-7(4-8)5-9(10)3-6;;;;;;/h3-8,16-17,20-21,27H,9-13H2,1-2H3;3-8,17H,1-2H3;6-9H,1-5H2;1H3;4*1H;/q;;;-1;;;;;+4/p-4. The molecule has 0 spiro atoms. The number of hydrogen-bond acceptors (Lipinski definition) is 4. The van der Waals surface area contributed by atoms with Crippen LogP contribution in [0.15, 0.2) is 87.3 Å². The Kier molecular flexibility index (Phi) is 16.8. The molecule has 0 unspecified atom stereocenters. The molecule has 0 heterocycles. The van der Waals surface area contributed by atoms with Gasteiger partial charge in [0.05, 0.1) is 0 Å². The topological polar surface area (TPSA) is 74.6 Å². The average molecular weight is 1080 g/mol. The van der Waals surface area contributed by atoms with E-state index in [9.17, 15) is 19.8 Å². The Balaban J connectivity index is 0.000000157. The van der Waals surface area contributed by atoms with Crippen molar-refractivity contribution in [1.29, 1.82) is 0 Å². The molecular weight excluding hydrogens is 1030 g/mol. The number of carbonyl (C=O) groups is 2. The second-order valence-electron chi connectivity index (χ2n) is 18.5. The molecule has 332 valence electrons. The van der Waals surface area contributed by atoms with Gasteiger partial charge in [-0.05, 0) is 227 Å². The first-order chi connectivity index (χ1) is 28.8. The zero-order valence-corrected chi connectivity index (χ0v) is 43.9. The van der Waals surface area contributed by atoms with Gasteiger partial charge in [-0.25, -0.2) is 0 Å². The molecule has 8 aliphatic rings. The second kappa shape index (κ2) is 20.9. The van der Waals surface area contributed by atoms with Gasteiger partial charge in [0.15, 0.2) is 5.78 Å². The average Bonchev–Trinajstić information content (AvgIpc) is 3.19. The number of benzene rings is 4. The first kappa shape index (κ1) is 49.8. The molecule has 8 fully saturated rings. The van der Waals surface area contributed by atoms with E-state index >= 15 is 0 Å². The summed E-state index contributed by atoms with van der Waals surface area (Å²) in [6, 6.07) is 23.9. The van der Waals surface area contributed by atoms with Crippen LogP contribution in [0.2, 0.25) is 0 Å². The molecular formula is C51H57Br2Cl4O4Ti-. The van der Waals surface area contributed by atoms with Crippen molar-refractivity contribution in [3.63, 3.8) is 0 Å². The number of aromatic hydroxyl groups is 2. The first-order valence-electron chi connectivity index (χ1n) is 21.5. The summed E-state index contributed by atoms with van der Waals surface area (Å²) < 4.78 is 2.07. The fourth-order valence-electron chi connectivity index (χ4n) is 11.8. The molecule has 8 saturated carbocycles. The van der Waals surface area contributed by atoms with Gasteiger partial charge in [0.25, 0.3) is 0 Å². The van der Waals surface area contributed by atoms with Crippen molar-refractivity contribution in [2.24, 2.45) is 47.3 Å². The zero-order chi connectivity index (χ0) is 43.9. The summed E-state index contributed by atoms with van der Waals surface area (Å²) in [5, 5.41) is 20.0. The summed E-state index contributed by atoms with van der Waals surface area (Å²) >= 11 is 3.82. The van der Waals surface area contributed by atoms with E-state index in [0.717, 1.165) is 66.7 Å². The Bertz CT molecular complexity index is 2190. The number of carbonyl (C=O) groups excluding carboxylic acids is 2. The van der Waals surface area contributed by atoms with Gasteiger partial charge in [-0.2, -0.15) is 0 Å². The number of rotatable bonds is 4. The van der Waals surface area contributed by atoms with Crippen molar-refractivity contribution in [1.82, 2.24) is 0 Å². The van der Waals surface area contributed by atoms with Gasteiger partial charge in [0.2, 0.25) is 0 Å². The van der Waals surface area contributed by atoms with Crippen LogP contribution in [0.1, 0.15) is 114 Å². The number of Topliss-reactive ketones (excluding diaryl/α,β-unsaturated/α-hetero) is 1. The van der Waals surface area contributed by atoms with E-state index in [-0.39, 0.29) is 19.0 Å². The number of ketones is 2. The Morgan fingerprint density at radius 1 is 0.516 bits per heavy atom. The van der Waals surface area contributed by atoms with Crippen LogP contribution in [0.25, 0.3) is 5.57 Å². The van der Waals surface area contributed by atoms with Crippen LogP contribution in [-0.2, 0) is 17.1 Å². The molecule has 4 aromatic rings. The third kappa shape index (κ3) is 12.0. The van der Waals surface area contributed by atoms with Gasteiger partial charge in [-0.1, -0.05) is 49.6 Å². The van der Waals surface area contributed by atoms with E-state index in [1.807, 2.05) is 26.0 Å². The summed E-state index contributed by atoms with van der Waals surface area (Å²) in [6.45, 7) is 7.63. The molecule has 0 saturated heterocycles. The van der Waals surface area contributed by atoms with Gasteiger partial charge in [-0.15, -0.1) is 0 Å². The van der Waals surface area contributed by atoms with Gasteiger partial charge in [0.1, 0.15) is 17.3 Å². The van der Waals surface area contributed by atoms with Crippen molar-refractivity contribution in [3.05, 3.63) is 139 Å². The SMILES string of the molecule is Cc1cc(C(=C2C3CC4CC(C3)CC2C4)c2ccc(Br)cc2)cc(C)c1O.Cc1cc(C(=O)c2ccc(Br)cc2)cc(C)c1O.O=C1C2CC3CC(C2)CC1C3.[CH3-].[Cl][Ti]([Cl])([Cl])[Cl]. The van der Waals surface area contributed by atoms with E-state index in [0.29, 0.717) is 34.5 Å². The Morgan fingerprint density at radius 2 is 0.823 bits per heavy atom. The van der Waals surface area contributed by atoms with Crippen LogP contribution >= 0.6 is 69.1 Å². The molecule has 0 atom stereocenters. The van der Waals surface area contributed by atoms with Gasteiger partial charge in [0, 0.05) is 31.9 Å². The summed E-state index contributed by atoms with van der Waals surface area (Å²) in [6.07, 6.45) is 13.4. The molecule has 12 rings (SSSR count). The minimum atomic E-state index is -3.11. The van der Waals surface area contributed by atoms with Crippen molar-refractivity contribution in [3.8, 4) is 11.5 Å². The van der Waals surface area contributed by atoms with Gasteiger partial charge < -0.3 is 17.6 Å². The molecule has 0 aromatic heterocycles. The molecule has 4 nitrogen and oxygen atoms in total. The van der Waals surface area contributed by atoms with E-state index in [1.54, 1.807) is 43.7 Å². The molecule has 2 N–H and O–H groups in total. The molecule has 0 radical (unpaired) electrons. The number of aryl methyl sites for hydroxylation is 4. The molecule has 4 aromatic carbocycles. The van der Waals surface area contributed by atoms with Crippen molar-refractivity contribution < 1.29 is 32.1 Å². The number of phenolic OH excluding ortho intramolecular Hbond substituents is 2. The second-order valence-corrected chi connectivity index (χ2v) is 35.8. The van der Waals surface area contributed by atoms with Crippen molar-refractivity contribution >= 4 is 86.2 Å². The Morgan fingerprint density at radius 3 is 1.18 bits per heavy atom. The van der Waals surface area contributed by atoms with Crippen molar-refractivity contribution in [2.45, 2.75) is 91.9 Å². The quantitative estimate of drug-likeness (QED) is 0.121. The predicted molar refractivity (Wildman–Crippen MR) is 262 cm³/mol. The number of hydrogen-bond donors (Lipinski definition) is 2. The summed E-state index contributed by atoms with van der Waals surface area (Å²) in [5.41, 5.74) is 10.4. The minimum absolute atomic E-state index is 0. The third-order valence-electron chi connectivity index (χ3n) is 14.0. The van der Waals surface area contributed by atoms with Crippen LogP contribution in [0, 0.1) is 82.5 Å². The van der Waals surface area contributed by atoms with Crippen molar-refractivity contribution in [2.75, 3.05) is 0 Å². The fraction of sp³-hybridized carbons (Fsp3) is 0.431. The maximum atomic E-state index is 12.3. The van der Waals surface area contributed by atoms with Crippen LogP contribution in [0.3, 0.4) is 0 Å². The normalized spacial score (nSPS) is 26.0. The van der Waals surface area contributed by atoms with Crippen LogP contribution in [0.5, 0.6) is 11.5 Å². The van der Waals surface area contributed by atoms with E-state index in [2.05, 4.69) is 68.3 Å². The predicted octanol–water partition coefficient (Wildman–Crippen LogP) is 16.2. The molecule has 8 bridgehead atoms. The molecule has 62 heavy (non-hydrogen) atoms. The number of allylic oxidation sites excluding steroid dienone is 1. The van der Waals surface area contributed by atoms with E-state index in [4.69, 9.17) is 37.2 Å². The molecule has 0 aliphatic heterocycles. The van der Waals surface area contributed by atoms with Crippen LogP contribution in [0.4, 0.5) is 0 Å². The van der Waals surface area contributed by atoms with Gasteiger partial charge >= 0.3 is 49.6 Å².